The zero-order valence-corrected chi connectivity index (χ0v) is 25.8. The maximum Gasteiger partial charge on any atom is 0.329 e. The summed E-state index contributed by atoms with van der Waals surface area (Å²) in [6.07, 6.45) is -0.305. The quantitative estimate of drug-likeness (QED) is 0.110. The molecule has 1 aliphatic rings. The van der Waals surface area contributed by atoms with E-state index in [9.17, 15) is 35.5 Å². The van der Waals surface area contributed by atoms with E-state index in [0.717, 1.165) is 0 Å². The van der Waals surface area contributed by atoms with Crippen molar-refractivity contribution in [2.75, 3.05) is 6.61 Å². The van der Waals surface area contributed by atoms with Gasteiger partial charge in [-0.05, 0) is 29.2 Å². The number of amides is 1. The molecule has 0 saturated carbocycles. The van der Waals surface area contributed by atoms with Gasteiger partial charge in [-0.2, -0.15) is 10.5 Å². The summed E-state index contributed by atoms with van der Waals surface area (Å²) in [6, 6.07) is 31.0. The van der Waals surface area contributed by atoms with Gasteiger partial charge in [-0.25, -0.2) is 0 Å². The summed E-state index contributed by atoms with van der Waals surface area (Å²) in [6.45, 7) is 1.28. The molecule has 4 atom stereocenters. The number of nitro groups is 2. The first-order chi connectivity index (χ1) is 23.1. The molecule has 0 radical (unpaired) electrons. The number of carbonyl (C=O) groups excluding carboxylic acids is 2. The van der Waals surface area contributed by atoms with Crippen LogP contribution in [0.5, 0.6) is 0 Å². The number of nitriles is 2. The largest absolute Gasteiger partial charge is 0.465 e. The first kappa shape index (κ1) is 33.0. The molecule has 4 aromatic rings. The Morgan fingerprint density at radius 2 is 1.29 bits per heavy atom. The predicted molar refractivity (Wildman–Crippen MR) is 172 cm³/mol. The van der Waals surface area contributed by atoms with Gasteiger partial charge in [0.15, 0.2) is 5.41 Å². The second kappa shape index (κ2) is 13.5. The lowest BCUT2D eigenvalue weighted by Crippen LogP contribution is -2.64. The first-order valence-electron chi connectivity index (χ1n) is 15.0. The van der Waals surface area contributed by atoms with E-state index in [0.29, 0.717) is 22.3 Å². The number of likely N-dealkylation sites (tertiary alicyclic amines) is 1. The SMILES string of the molecule is CCOC(=O)C1(C#N)C(c2ccccc2)N(Cc2ccc([N+](=O)[O-])cc2)C(=O)C(C#N)(Cc2ccc([N+](=O)[O-])cc2)C1c1ccccc1. The fraction of sp³-hybridized carbons (Fsp3) is 0.222. The topological polar surface area (TPSA) is 180 Å². The third-order valence-corrected chi connectivity index (χ3v) is 8.71. The molecular weight excluding hydrogens is 614 g/mol. The molecule has 48 heavy (non-hydrogen) atoms. The molecule has 12 heteroatoms. The van der Waals surface area contributed by atoms with Crippen molar-refractivity contribution >= 4 is 23.3 Å². The molecular formula is C36H29N5O7. The van der Waals surface area contributed by atoms with Crippen LogP contribution < -0.4 is 0 Å². The van der Waals surface area contributed by atoms with Crippen molar-refractivity contribution in [2.24, 2.45) is 10.8 Å². The highest BCUT2D eigenvalue weighted by Crippen LogP contribution is 2.62. The van der Waals surface area contributed by atoms with Crippen molar-refractivity contribution in [3.63, 3.8) is 0 Å². The number of rotatable bonds is 10. The second-order valence-electron chi connectivity index (χ2n) is 11.4. The average Bonchev–Trinajstić information content (AvgIpc) is 3.11. The smallest absolute Gasteiger partial charge is 0.329 e. The molecule has 1 aliphatic heterocycles. The maximum absolute atomic E-state index is 15.2. The number of hydrogen-bond acceptors (Lipinski definition) is 9. The number of hydrogen-bond donors (Lipinski definition) is 0. The van der Waals surface area contributed by atoms with Crippen LogP contribution in [-0.4, -0.2) is 33.2 Å². The van der Waals surface area contributed by atoms with E-state index in [1.807, 2.05) is 0 Å². The summed E-state index contributed by atoms with van der Waals surface area (Å²) in [5.74, 6) is -3.00. The van der Waals surface area contributed by atoms with Gasteiger partial charge in [0.2, 0.25) is 5.91 Å². The Labute approximate surface area is 275 Å². The highest BCUT2D eigenvalue weighted by Gasteiger charge is 2.70. The molecule has 5 rings (SSSR count). The minimum Gasteiger partial charge on any atom is -0.465 e. The summed E-state index contributed by atoms with van der Waals surface area (Å²) in [5, 5.41) is 45.2. The number of nitro benzene ring substituents is 2. The van der Waals surface area contributed by atoms with Crippen molar-refractivity contribution in [1.29, 1.82) is 10.5 Å². The molecule has 12 nitrogen and oxygen atoms in total. The average molecular weight is 644 g/mol. The second-order valence-corrected chi connectivity index (χ2v) is 11.4. The molecule has 1 saturated heterocycles. The van der Waals surface area contributed by atoms with E-state index < -0.39 is 44.5 Å². The lowest BCUT2D eigenvalue weighted by Gasteiger charge is -2.55. The monoisotopic (exact) mass is 643 g/mol. The van der Waals surface area contributed by atoms with Crippen LogP contribution in [0.25, 0.3) is 0 Å². The van der Waals surface area contributed by atoms with Gasteiger partial charge < -0.3 is 9.64 Å². The molecule has 240 valence electrons. The standard InChI is InChI=1S/C36H29N5O7/c1-2-48-34(43)36(24-38)31(27-9-5-3-6-10-27)35(23-37,21-25-13-17-29(18-14-25)40(44)45)33(42)39(32(36)28-11-7-4-8-12-28)22-26-15-19-30(20-16-26)41(46)47/h3-20,31-32H,2,21-22H2,1H3. The van der Waals surface area contributed by atoms with E-state index in [2.05, 4.69) is 12.1 Å². The zero-order valence-electron chi connectivity index (χ0n) is 25.8. The van der Waals surface area contributed by atoms with Gasteiger partial charge in [-0.15, -0.1) is 0 Å². The minimum atomic E-state index is -2.19. The van der Waals surface area contributed by atoms with Crippen molar-refractivity contribution in [3.8, 4) is 12.1 Å². The zero-order chi connectivity index (χ0) is 34.5. The number of ether oxygens (including phenoxy) is 1. The predicted octanol–water partition coefficient (Wildman–Crippen LogP) is 6.20. The van der Waals surface area contributed by atoms with Crippen LogP contribution in [0.4, 0.5) is 11.4 Å². The lowest BCUT2D eigenvalue weighted by atomic mass is 9.51. The first-order valence-corrected chi connectivity index (χ1v) is 15.0. The molecule has 0 spiro atoms. The van der Waals surface area contributed by atoms with Gasteiger partial charge in [0.05, 0.1) is 34.6 Å². The molecule has 4 unspecified atom stereocenters. The van der Waals surface area contributed by atoms with E-state index in [-0.39, 0.29) is 30.9 Å². The van der Waals surface area contributed by atoms with E-state index >= 15 is 4.79 Å². The van der Waals surface area contributed by atoms with Gasteiger partial charge in [-0.3, -0.25) is 29.8 Å². The highest BCUT2D eigenvalue weighted by atomic mass is 16.6. The normalized spacial score (nSPS) is 21.8. The van der Waals surface area contributed by atoms with E-state index in [1.165, 1.54) is 53.4 Å². The molecule has 1 amide bonds. The van der Waals surface area contributed by atoms with Crippen LogP contribution in [0, 0.1) is 53.7 Å². The Hall–Kier alpha value is -6.40. The molecule has 0 N–H and O–H groups in total. The van der Waals surface area contributed by atoms with Gasteiger partial charge in [0, 0.05) is 43.1 Å². The molecule has 4 aromatic carbocycles. The Balaban J connectivity index is 1.84. The highest BCUT2D eigenvalue weighted by molar-refractivity contribution is 5.95. The third-order valence-electron chi connectivity index (χ3n) is 8.71. The number of esters is 1. The summed E-state index contributed by atoms with van der Waals surface area (Å²) in [5.41, 5.74) is -3.01. The molecule has 1 fully saturated rings. The van der Waals surface area contributed by atoms with Crippen molar-refractivity contribution in [2.45, 2.75) is 31.8 Å². The number of non-ortho nitro benzene ring substituents is 2. The number of piperidine rings is 1. The summed E-state index contributed by atoms with van der Waals surface area (Å²) >= 11 is 0. The summed E-state index contributed by atoms with van der Waals surface area (Å²) in [4.78, 5) is 52.6. The Morgan fingerprint density at radius 1 is 0.792 bits per heavy atom. The Kier molecular flexibility index (Phi) is 9.29. The number of benzene rings is 4. The van der Waals surface area contributed by atoms with Crippen molar-refractivity contribution in [1.82, 2.24) is 4.90 Å². The van der Waals surface area contributed by atoms with Gasteiger partial charge >= 0.3 is 5.97 Å². The van der Waals surface area contributed by atoms with Crippen molar-refractivity contribution in [3.05, 3.63) is 152 Å². The number of carbonyl (C=O) groups is 2. The van der Waals surface area contributed by atoms with Crippen LogP contribution >= 0.6 is 0 Å². The van der Waals surface area contributed by atoms with Crippen LogP contribution in [0.3, 0.4) is 0 Å². The molecule has 0 bridgehead atoms. The Bertz CT molecular complexity index is 1920. The third kappa shape index (κ3) is 5.72. The van der Waals surface area contributed by atoms with Gasteiger partial charge in [0.25, 0.3) is 11.4 Å². The van der Waals surface area contributed by atoms with Crippen LogP contribution in [0.2, 0.25) is 0 Å². The maximum atomic E-state index is 15.2. The van der Waals surface area contributed by atoms with Crippen LogP contribution in [0.1, 0.15) is 41.1 Å². The molecule has 0 aromatic heterocycles. The fourth-order valence-electron chi connectivity index (χ4n) is 6.68. The van der Waals surface area contributed by atoms with Gasteiger partial charge in [-0.1, -0.05) is 84.9 Å². The van der Waals surface area contributed by atoms with Gasteiger partial charge in [0.1, 0.15) is 5.41 Å². The summed E-state index contributed by atoms with van der Waals surface area (Å²) in [7, 11) is 0. The van der Waals surface area contributed by atoms with E-state index in [4.69, 9.17) is 4.74 Å². The molecule has 1 heterocycles. The van der Waals surface area contributed by atoms with Crippen LogP contribution in [-0.2, 0) is 27.3 Å². The summed E-state index contributed by atoms with van der Waals surface area (Å²) < 4.78 is 5.63. The molecule has 0 aliphatic carbocycles. The van der Waals surface area contributed by atoms with Crippen LogP contribution in [0.15, 0.2) is 109 Å². The van der Waals surface area contributed by atoms with Crippen molar-refractivity contribution < 1.29 is 24.2 Å². The fourth-order valence-corrected chi connectivity index (χ4v) is 6.68. The van der Waals surface area contributed by atoms with E-state index in [1.54, 1.807) is 67.6 Å². The lowest BCUT2D eigenvalue weighted by molar-refractivity contribution is -0.385. The minimum absolute atomic E-state index is 0.0938. The Morgan fingerprint density at radius 3 is 1.75 bits per heavy atom. The number of nitrogens with zero attached hydrogens (tertiary/aromatic N) is 5.